The summed E-state index contributed by atoms with van der Waals surface area (Å²) in [5, 5.41) is 0. The van der Waals surface area contributed by atoms with Gasteiger partial charge < -0.3 is 0 Å². The zero-order valence-corrected chi connectivity index (χ0v) is 12.2. The molecule has 0 unspecified atom stereocenters. The summed E-state index contributed by atoms with van der Waals surface area (Å²) in [4.78, 5) is 0. The molecule has 1 rings (SSSR count). The van der Waals surface area contributed by atoms with Crippen LogP contribution >= 0.6 is 0 Å². The summed E-state index contributed by atoms with van der Waals surface area (Å²) < 4.78 is 15.2. The van der Waals surface area contributed by atoms with Gasteiger partial charge in [-0.3, -0.25) is 0 Å². The van der Waals surface area contributed by atoms with Crippen molar-refractivity contribution < 1.29 is 4.21 Å². The average molecular weight is 245 g/mol. The van der Waals surface area contributed by atoms with E-state index < -0.39 is 11.0 Å². The van der Waals surface area contributed by atoms with E-state index in [1.54, 1.807) is 0 Å². The molecule has 0 spiro atoms. The molecule has 0 aliphatic heterocycles. The summed E-state index contributed by atoms with van der Waals surface area (Å²) in [6.45, 7) is 10.5. The minimum atomic E-state index is -0.932. The predicted molar refractivity (Wildman–Crippen MR) is 71.6 cm³/mol. The van der Waals surface area contributed by atoms with E-state index in [2.05, 4.69) is 18.6 Å². The largest absolute Gasteiger partial charge is 0.242 e. The third kappa shape index (κ3) is 4.17. The summed E-state index contributed by atoms with van der Waals surface area (Å²) in [5.41, 5.74) is 0. The van der Waals surface area contributed by atoms with Crippen molar-refractivity contribution in [3.8, 4) is 0 Å². The van der Waals surface area contributed by atoms with Crippen LogP contribution in [-0.2, 0) is 11.0 Å². The van der Waals surface area contributed by atoms with E-state index in [-0.39, 0.29) is 4.75 Å². The van der Waals surface area contributed by atoms with Crippen LogP contribution in [-0.4, -0.2) is 15.0 Å². The van der Waals surface area contributed by atoms with Crippen molar-refractivity contribution in [2.24, 2.45) is 11.8 Å². The Labute approximate surface area is 103 Å². The second kappa shape index (κ2) is 5.63. The maximum absolute atomic E-state index is 12.1. The molecule has 0 heterocycles. The lowest BCUT2D eigenvalue weighted by atomic mass is 9.79. The second-order valence-corrected chi connectivity index (χ2v) is 8.38. The van der Waals surface area contributed by atoms with E-state index in [1.807, 2.05) is 20.8 Å². The molecule has 3 heteroatoms. The summed E-state index contributed by atoms with van der Waals surface area (Å²) in [7, 11) is -0.932. The van der Waals surface area contributed by atoms with Crippen molar-refractivity contribution in [2.75, 3.05) is 0 Å². The molecule has 0 aromatic carbocycles. The van der Waals surface area contributed by atoms with Crippen molar-refractivity contribution in [2.45, 2.75) is 71.1 Å². The SMILES string of the molecule is CC(C)[C@@H](CC1CCC1)N[S@@](=O)C(C)(C)C. The Balaban J connectivity index is 2.47. The van der Waals surface area contributed by atoms with Gasteiger partial charge in [0.05, 0.1) is 15.7 Å². The fourth-order valence-electron chi connectivity index (χ4n) is 1.86. The number of hydrogen-bond donors (Lipinski definition) is 1. The third-order valence-electron chi connectivity index (χ3n) is 3.43. The van der Waals surface area contributed by atoms with E-state index >= 15 is 0 Å². The Morgan fingerprint density at radius 1 is 1.31 bits per heavy atom. The molecule has 0 amide bonds. The molecule has 2 nitrogen and oxygen atoms in total. The summed E-state index contributed by atoms with van der Waals surface area (Å²) in [6, 6.07) is 0.408. The van der Waals surface area contributed by atoms with Crippen LogP contribution in [0.2, 0.25) is 0 Å². The first-order valence-corrected chi connectivity index (χ1v) is 7.63. The van der Waals surface area contributed by atoms with E-state index in [0.29, 0.717) is 12.0 Å². The molecule has 1 fully saturated rings. The van der Waals surface area contributed by atoms with Crippen molar-refractivity contribution in [3.05, 3.63) is 0 Å². The quantitative estimate of drug-likeness (QED) is 0.791. The number of nitrogens with one attached hydrogen (secondary N) is 1. The molecule has 96 valence electrons. The number of hydrogen-bond acceptors (Lipinski definition) is 1. The van der Waals surface area contributed by atoms with Gasteiger partial charge in [-0.05, 0) is 39.0 Å². The van der Waals surface area contributed by atoms with E-state index in [4.69, 9.17) is 0 Å². The standard InChI is InChI=1S/C13H27NOS/c1-10(2)12(9-11-7-6-8-11)14-16(15)13(3,4)5/h10-12,14H,6-9H2,1-5H3/t12-,16+/m1/s1. The maximum Gasteiger partial charge on any atom is 0.0972 e. The summed E-state index contributed by atoms with van der Waals surface area (Å²) >= 11 is 0. The molecule has 1 aliphatic carbocycles. The van der Waals surface area contributed by atoms with Crippen LogP contribution < -0.4 is 4.72 Å². The smallest absolute Gasteiger partial charge is 0.0972 e. The van der Waals surface area contributed by atoms with Gasteiger partial charge in [-0.25, -0.2) is 8.93 Å². The van der Waals surface area contributed by atoms with Crippen molar-refractivity contribution >= 4 is 11.0 Å². The Hall–Kier alpha value is 0.110. The van der Waals surface area contributed by atoms with Crippen molar-refractivity contribution in [1.29, 1.82) is 0 Å². The fourth-order valence-corrected chi connectivity index (χ4v) is 2.86. The Morgan fingerprint density at radius 2 is 1.88 bits per heavy atom. The zero-order chi connectivity index (χ0) is 12.3. The Kier molecular flexibility index (Phi) is 4.99. The lowest BCUT2D eigenvalue weighted by Gasteiger charge is -2.33. The Bertz CT molecular complexity index is 241. The summed E-state index contributed by atoms with van der Waals surface area (Å²) in [5.74, 6) is 1.43. The Morgan fingerprint density at radius 3 is 2.19 bits per heavy atom. The molecule has 0 aromatic heterocycles. The topological polar surface area (TPSA) is 29.1 Å². The molecule has 0 saturated heterocycles. The van der Waals surface area contributed by atoms with Gasteiger partial charge in [-0.2, -0.15) is 0 Å². The highest BCUT2D eigenvalue weighted by Gasteiger charge is 2.28. The molecule has 0 radical (unpaired) electrons. The van der Waals surface area contributed by atoms with Crippen LogP contribution in [0.15, 0.2) is 0 Å². The molecule has 0 bridgehead atoms. The molecule has 1 aliphatic rings. The van der Waals surface area contributed by atoms with Gasteiger partial charge in [0.1, 0.15) is 0 Å². The average Bonchev–Trinajstić information content (AvgIpc) is 2.06. The molecule has 2 atom stereocenters. The van der Waals surface area contributed by atoms with Gasteiger partial charge >= 0.3 is 0 Å². The molecular weight excluding hydrogens is 218 g/mol. The normalized spacial score (nSPS) is 21.9. The van der Waals surface area contributed by atoms with Gasteiger partial charge in [0, 0.05) is 6.04 Å². The monoisotopic (exact) mass is 245 g/mol. The highest BCUT2D eigenvalue weighted by molar-refractivity contribution is 7.84. The van der Waals surface area contributed by atoms with Crippen LogP contribution in [0.4, 0.5) is 0 Å². The van der Waals surface area contributed by atoms with E-state index in [1.165, 1.54) is 25.7 Å². The van der Waals surface area contributed by atoms with Gasteiger partial charge in [0.15, 0.2) is 0 Å². The van der Waals surface area contributed by atoms with E-state index in [0.717, 1.165) is 5.92 Å². The van der Waals surface area contributed by atoms with Crippen LogP contribution in [0.3, 0.4) is 0 Å². The fraction of sp³-hybridized carbons (Fsp3) is 1.00. The predicted octanol–water partition coefficient (Wildman–Crippen LogP) is 3.25. The molecule has 1 saturated carbocycles. The lowest BCUT2D eigenvalue weighted by Crippen LogP contribution is -2.43. The van der Waals surface area contributed by atoms with Crippen LogP contribution in [0, 0.1) is 11.8 Å². The minimum Gasteiger partial charge on any atom is -0.242 e. The minimum absolute atomic E-state index is 0.160. The molecule has 0 aromatic rings. The van der Waals surface area contributed by atoms with Crippen LogP contribution in [0.5, 0.6) is 0 Å². The maximum atomic E-state index is 12.1. The summed E-state index contributed by atoms with van der Waals surface area (Å²) in [6.07, 6.45) is 5.32. The molecular formula is C13H27NOS. The number of rotatable bonds is 5. The van der Waals surface area contributed by atoms with Gasteiger partial charge in [0.2, 0.25) is 0 Å². The van der Waals surface area contributed by atoms with Gasteiger partial charge in [-0.1, -0.05) is 33.1 Å². The third-order valence-corrected chi connectivity index (χ3v) is 5.06. The van der Waals surface area contributed by atoms with Gasteiger partial charge in [-0.15, -0.1) is 0 Å². The van der Waals surface area contributed by atoms with Crippen molar-refractivity contribution in [1.82, 2.24) is 4.72 Å². The first-order chi connectivity index (χ1) is 7.30. The molecule has 16 heavy (non-hydrogen) atoms. The van der Waals surface area contributed by atoms with E-state index in [9.17, 15) is 4.21 Å². The zero-order valence-electron chi connectivity index (χ0n) is 11.4. The second-order valence-electron chi connectivity index (χ2n) is 6.38. The highest BCUT2D eigenvalue weighted by atomic mass is 32.2. The molecule has 1 N–H and O–H groups in total. The first kappa shape index (κ1) is 14.2. The van der Waals surface area contributed by atoms with Crippen molar-refractivity contribution in [3.63, 3.8) is 0 Å². The van der Waals surface area contributed by atoms with Crippen LogP contribution in [0.1, 0.15) is 60.3 Å². The van der Waals surface area contributed by atoms with Crippen LogP contribution in [0.25, 0.3) is 0 Å². The first-order valence-electron chi connectivity index (χ1n) is 6.48. The highest BCUT2D eigenvalue weighted by Crippen LogP contribution is 2.32. The van der Waals surface area contributed by atoms with Gasteiger partial charge in [0.25, 0.3) is 0 Å². The lowest BCUT2D eigenvalue weighted by molar-refractivity contribution is 0.248.